The zero-order chi connectivity index (χ0) is 12.8. The molecule has 0 rings (SSSR count). The van der Waals surface area contributed by atoms with E-state index < -0.39 is 15.3 Å². The first kappa shape index (κ1) is 15.3. The maximum absolute atomic E-state index is 11.9. The Balaban J connectivity index is 4.46. The van der Waals surface area contributed by atoms with Gasteiger partial charge in [0.15, 0.2) is 0 Å². The summed E-state index contributed by atoms with van der Waals surface area (Å²) < 4.78 is 25.0. The first-order valence-corrected chi connectivity index (χ1v) is 6.76. The van der Waals surface area contributed by atoms with E-state index >= 15 is 0 Å². The maximum atomic E-state index is 11.9. The monoisotopic (exact) mass is 251 g/mol. The zero-order valence-corrected chi connectivity index (χ0v) is 10.9. The summed E-state index contributed by atoms with van der Waals surface area (Å²) in [5, 5.41) is 1.88. The predicted molar refractivity (Wildman–Crippen MR) is 63.4 cm³/mol. The van der Waals surface area contributed by atoms with Crippen LogP contribution in [0.1, 0.15) is 19.8 Å². The van der Waals surface area contributed by atoms with Crippen molar-refractivity contribution in [2.24, 2.45) is 5.73 Å². The lowest BCUT2D eigenvalue weighted by molar-refractivity contribution is -0.120. The number of hydrogen-bond donors (Lipinski definition) is 2. The van der Waals surface area contributed by atoms with E-state index in [1.54, 1.807) is 6.92 Å². The van der Waals surface area contributed by atoms with Gasteiger partial charge in [-0.15, -0.1) is 0 Å². The molecule has 0 aliphatic carbocycles. The topological polar surface area (TPSA) is 92.5 Å². The molecule has 0 fully saturated rings. The highest BCUT2D eigenvalue weighted by atomic mass is 32.2. The van der Waals surface area contributed by atoms with Crippen molar-refractivity contribution in [1.82, 2.24) is 9.62 Å². The largest absolute Gasteiger partial charge is 0.359 e. The van der Waals surface area contributed by atoms with Gasteiger partial charge in [0.2, 0.25) is 15.9 Å². The van der Waals surface area contributed by atoms with Crippen molar-refractivity contribution >= 4 is 15.9 Å². The summed E-state index contributed by atoms with van der Waals surface area (Å²) in [5.74, 6) is -0.178. The minimum absolute atomic E-state index is 0.100. The Morgan fingerprint density at radius 3 is 2.44 bits per heavy atom. The summed E-state index contributed by atoms with van der Waals surface area (Å²) in [4.78, 5) is 11.0. The summed E-state index contributed by atoms with van der Waals surface area (Å²) >= 11 is 0. The number of carbonyl (C=O) groups is 1. The summed E-state index contributed by atoms with van der Waals surface area (Å²) in [7, 11) is -0.389. The molecular weight excluding hydrogens is 230 g/mol. The van der Waals surface area contributed by atoms with Crippen LogP contribution in [0.3, 0.4) is 0 Å². The summed E-state index contributed by atoms with van der Waals surface area (Å²) in [5.41, 5.74) is 5.40. The molecule has 6 nitrogen and oxygen atoms in total. The van der Waals surface area contributed by atoms with Gasteiger partial charge in [0.1, 0.15) is 0 Å². The van der Waals surface area contributed by atoms with Gasteiger partial charge in [0.25, 0.3) is 0 Å². The second kappa shape index (κ2) is 6.82. The van der Waals surface area contributed by atoms with E-state index in [4.69, 9.17) is 5.73 Å². The lowest BCUT2D eigenvalue weighted by Crippen LogP contribution is -2.41. The van der Waals surface area contributed by atoms with Gasteiger partial charge in [0.05, 0.1) is 5.25 Å². The molecule has 0 spiro atoms. The molecule has 3 N–H and O–H groups in total. The third kappa shape index (κ3) is 4.07. The average molecular weight is 251 g/mol. The molecule has 0 aromatic heterocycles. The highest BCUT2D eigenvalue weighted by Crippen LogP contribution is 2.09. The standard InChI is InChI=1S/C9H21N3O3S/c1-4-8(7-10)16(14,15)12(3)6-5-9(13)11-2/h8H,4-7,10H2,1-3H3,(H,11,13). The predicted octanol–water partition coefficient (Wildman–Crippen LogP) is -0.879. The van der Waals surface area contributed by atoms with Crippen LogP contribution >= 0.6 is 0 Å². The number of amides is 1. The Hall–Kier alpha value is -0.660. The second-order valence-electron chi connectivity index (χ2n) is 3.56. The Kier molecular flexibility index (Phi) is 6.54. The van der Waals surface area contributed by atoms with Gasteiger partial charge in [-0.05, 0) is 6.42 Å². The molecule has 1 amide bonds. The highest BCUT2D eigenvalue weighted by molar-refractivity contribution is 7.89. The minimum Gasteiger partial charge on any atom is -0.359 e. The Morgan fingerprint density at radius 2 is 2.06 bits per heavy atom. The second-order valence-corrected chi connectivity index (χ2v) is 5.88. The van der Waals surface area contributed by atoms with Crippen molar-refractivity contribution in [3.63, 3.8) is 0 Å². The van der Waals surface area contributed by atoms with Crippen molar-refractivity contribution in [2.45, 2.75) is 25.0 Å². The zero-order valence-electron chi connectivity index (χ0n) is 10.1. The van der Waals surface area contributed by atoms with E-state index in [1.165, 1.54) is 18.4 Å². The van der Waals surface area contributed by atoms with E-state index in [9.17, 15) is 13.2 Å². The molecule has 1 unspecified atom stereocenters. The summed E-state index contributed by atoms with van der Waals surface area (Å²) in [6.45, 7) is 2.06. The number of carbonyl (C=O) groups excluding carboxylic acids is 1. The smallest absolute Gasteiger partial charge is 0.221 e. The van der Waals surface area contributed by atoms with Gasteiger partial charge >= 0.3 is 0 Å². The van der Waals surface area contributed by atoms with Crippen molar-refractivity contribution in [2.75, 3.05) is 27.2 Å². The van der Waals surface area contributed by atoms with Crippen LogP contribution in [0.4, 0.5) is 0 Å². The molecule has 1 atom stereocenters. The SMILES string of the molecule is CCC(CN)S(=O)(=O)N(C)CCC(=O)NC. The molecule has 0 radical (unpaired) electrons. The van der Waals surface area contributed by atoms with E-state index in [0.29, 0.717) is 6.42 Å². The van der Waals surface area contributed by atoms with E-state index in [1.807, 2.05) is 0 Å². The van der Waals surface area contributed by atoms with Crippen LogP contribution < -0.4 is 11.1 Å². The molecule has 0 aliphatic rings. The Bertz CT molecular complexity index is 312. The third-order valence-corrected chi connectivity index (χ3v) is 4.93. The van der Waals surface area contributed by atoms with Gasteiger partial charge in [0, 0.05) is 33.6 Å². The molecule has 0 aromatic carbocycles. The number of nitrogens with two attached hydrogens (primary N) is 1. The van der Waals surface area contributed by atoms with Crippen LogP contribution in [-0.2, 0) is 14.8 Å². The van der Waals surface area contributed by atoms with Crippen molar-refractivity contribution in [3.8, 4) is 0 Å². The lowest BCUT2D eigenvalue weighted by Gasteiger charge is -2.22. The van der Waals surface area contributed by atoms with Gasteiger partial charge in [-0.25, -0.2) is 12.7 Å². The van der Waals surface area contributed by atoms with Crippen LogP contribution in [0.5, 0.6) is 0 Å². The van der Waals surface area contributed by atoms with Crippen LogP contribution in [0.25, 0.3) is 0 Å². The molecule has 96 valence electrons. The fraction of sp³-hybridized carbons (Fsp3) is 0.889. The minimum atomic E-state index is -3.38. The van der Waals surface area contributed by atoms with Crippen molar-refractivity contribution in [3.05, 3.63) is 0 Å². The van der Waals surface area contributed by atoms with Gasteiger partial charge < -0.3 is 11.1 Å². The van der Waals surface area contributed by atoms with Crippen LogP contribution in [-0.4, -0.2) is 51.1 Å². The van der Waals surface area contributed by atoms with Crippen LogP contribution in [0.15, 0.2) is 0 Å². The molecule has 0 saturated heterocycles. The van der Waals surface area contributed by atoms with Gasteiger partial charge in [-0.2, -0.15) is 0 Å². The van der Waals surface area contributed by atoms with Crippen LogP contribution in [0, 0.1) is 0 Å². The molecule has 0 saturated carbocycles. The number of hydrogen-bond acceptors (Lipinski definition) is 4. The highest BCUT2D eigenvalue weighted by Gasteiger charge is 2.27. The normalized spacial score (nSPS) is 13.8. The molecule has 0 heterocycles. The van der Waals surface area contributed by atoms with Crippen LogP contribution in [0.2, 0.25) is 0 Å². The summed E-state index contributed by atoms with van der Waals surface area (Å²) in [6, 6.07) is 0. The van der Waals surface area contributed by atoms with E-state index in [2.05, 4.69) is 5.32 Å². The van der Waals surface area contributed by atoms with E-state index in [-0.39, 0.29) is 25.4 Å². The Labute approximate surface area is 97.2 Å². The van der Waals surface area contributed by atoms with Gasteiger partial charge in [-0.1, -0.05) is 6.92 Å². The van der Waals surface area contributed by atoms with Gasteiger partial charge in [-0.3, -0.25) is 4.79 Å². The molecule has 7 heteroatoms. The van der Waals surface area contributed by atoms with E-state index in [0.717, 1.165) is 0 Å². The first-order valence-electron chi connectivity index (χ1n) is 5.25. The molecule has 16 heavy (non-hydrogen) atoms. The molecule has 0 aromatic rings. The fourth-order valence-electron chi connectivity index (χ4n) is 1.26. The van der Waals surface area contributed by atoms with Crippen molar-refractivity contribution < 1.29 is 13.2 Å². The molecular formula is C9H21N3O3S. The number of sulfonamides is 1. The van der Waals surface area contributed by atoms with Crippen molar-refractivity contribution in [1.29, 1.82) is 0 Å². The average Bonchev–Trinajstić information content (AvgIpc) is 2.26. The lowest BCUT2D eigenvalue weighted by atomic mass is 10.3. The third-order valence-electron chi connectivity index (χ3n) is 2.51. The number of nitrogens with one attached hydrogen (secondary N) is 1. The Morgan fingerprint density at radius 1 is 1.50 bits per heavy atom. The summed E-state index contributed by atoms with van der Waals surface area (Å²) in [6.07, 6.45) is 0.635. The fourth-order valence-corrected chi connectivity index (χ4v) is 2.78. The quantitative estimate of drug-likeness (QED) is 0.614. The number of rotatable bonds is 7. The molecule has 0 bridgehead atoms. The number of nitrogens with zero attached hydrogens (tertiary/aromatic N) is 1. The molecule has 0 aliphatic heterocycles. The maximum Gasteiger partial charge on any atom is 0.221 e. The first-order chi connectivity index (χ1) is 7.39.